The Morgan fingerprint density at radius 1 is 1.08 bits per heavy atom. The number of rotatable bonds is 8. The standard InChI is InChI=1S/C31H38FN3O/c1-20-13-26-25-6-2-3-7-27(25)34-28(26)29(35(20)31-16-30(17-31,18-31)19-36)22-8-10-23(11-9-22)33-24-14-21(15-24)5-4-12-32/h2-3,6-11,20-21,24,29,33-34,36H,4-5,12-19H2,1H3/t20-,21?,24?,29?,30?,31?/m0/s1. The number of aliphatic hydroxyl groups is 1. The molecule has 2 bridgehead atoms. The molecule has 3 N–H and O–H groups in total. The normalized spacial score (nSPS) is 35.0. The zero-order valence-corrected chi connectivity index (χ0v) is 21.3. The van der Waals surface area contributed by atoms with Crippen LogP contribution < -0.4 is 5.32 Å². The number of para-hydroxylation sites is 1. The van der Waals surface area contributed by atoms with E-state index in [0.29, 0.717) is 31.0 Å². The van der Waals surface area contributed by atoms with Gasteiger partial charge in [0.15, 0.2) is 0 Å². The molecule has 0 amide bonds. The van der Waals surface area contributed by atoms with Gasteiger partial charge in [-0.2, -0.15) is 0 Å². The maximum atomic E-state index is 12.5. The van der Waals surface area contributed by atoms with Crippen LogP contribution in [0.3, 0.4) is 0 Å². The second-order valence-electron chi connectivity index (χ2n) is 12.5. The lowest BCUT2D eigenvalue weighted by molar-refractivity contribution is -0.254. The minimum atomic E-state index is -0.187. The van der Waals surface area contributed by atoms with Gasteiger partial charge in [0.1, 0.15) is 0 Å². The Morgan fingerprint density at radius 2 is 1.83 bits per heavy atom. The van der Waals surface area contributed by atoms with Crippen molar-refractivity contribution in [1.29, 1.82) is 0 Å². The van der Waals surface area contributed by atoms with Gasteiger partial charge in [0.25, 0.3) is 0 Å². The van der Waals surface area contributed by atoms with Crippen molar-refractivity contribution >= 4 is 16.6 Å². The van der Waals surface area contributed by atoms with E-state index in [1.165, 1.54) is 33.4 Å². The molecule has 0 radical (unpaired) electrons. The largest absolute Gasteiger partial charge is 0.396 e. The molecule has 4 nitrogen and oxygen atoms in total. The Hall–Kier alpha value is -2.37. The minimum Gasteiger partial charge on any atom is -0.396 e. The molecule has 0 saturated heterocycles. The maximum absolute atomic E-state index is 12.5. The number of aromatic amines is 1. The van der Waals surface area contributed by atoms with Gasteiger partial charge >= 0.3 is 0 Å². The molecule has 36 heavy (non-hydrogen) atoms. The second-order valence-corrected chi connectivity index (χ2v) is 12.5. The van der Waals surface area contributed by atoms with E-state index in [4.69, 9.17) is 0 Å². The summed E-state index contributed by atoms with van der Waals surface area (Å²) in [6, 6.07) is 19.0. The molecule has 4 aliphatic carbocycles. The lowest BCUT2D eigenvalue weighted by Crippen LogP contribution is -2.77. The molecule has 5 aliphatic rings. The molecule has 2 atom stereocenters. The van der Waals surface area contributed by atoms with Crippen LogP contribution in [0.15, 0.2) is 48.5 Å². The van der Waals surface area contributed by atoms with Gasteiger partial charge in [-0.1, -0.05) is 30.3 Å². The van der Waals surface area contributed by atoms with Gasteiger partial charge in [-0.15, -0.1) is 0 Å². The summed E-state index contributed by atoms with van der Waals surface area (Å²) < 4.78 is 12.5. The topological polar surface area (TPSA) is 51.3 Å². The van der Waals surface area contributed by atoms with Crippen LogP contribution in [0.1, 0.15) is 74.7 Å². The van der Waals surface area contributed by atoms with Gasteiger partial charge in [0.2, 0.25) is 0 Å². The molecule has 190 valence electrons. The van der Waals surface area contributed by atoms with E-state index in [2.05, 4.69) is 70.7 Å². The fraction of sp³-hybridized carbons (Fsp3) is 0.548. The minimum absolute atomic E-state index is 0.184. The Bertz CT molecular complexity index is 1240. The number of H-pyrrole nitrogens is 1. The Morgan fingerprint density at radius 3 is 2.56 bits per heavy atom. The molecule has 3 aromatic rings. The molecule has 1 aromatic heterocycles. The average Bonchev–Trinajstić information content (AvgIpc) is 3.18. The van der Waals surface area contributed by atoms with Gasteiger partial charge in [-0.25, -0.2) is 0 Å². The number of fused-ring (bicyclic) bond motifs is 3. The van der Waals surface area contributed by atoms with Crippen LogP contribution in [0.5, 0.6) is 0 Å². The molecule has 8 rings (SSSR count). The lowest BCUT2D eigenvalue weighted by Gasteiger charge is -2.76. The summed E-state index contributed by atoms with van der Waals surface area (Å²) in [5.41, 5.74) is 6.99. The molecular formula is C31H38FN3O. The number of nitrogens with zero attached hydrogens (tertiary/aromatic N) is 1. The van der Waals surface area contributed by atoms with E-state index in [1.54, 1.807) is 0 Å². The van der Waals surface area contributed by atoms with Crippen molar-refractivity contribution < 1.29 is 9.50 Å². The fourth-order valence-electron chi connectivity index (χ4n) is 8.36. The van der Waals surface area contributed by atoms with Gasteiger partial charge in [0.05, 0.1) is 12.7 Å². The van der Waals surface area contributed by atoms with Crippen LogP contribution in [0.4, 0.5) is 10.1 Å². The molecule has 4 fully saturated rings. The van der Waals surface area contributed by atoms with Crippen molar-refractivity contribution in [2.24, 2.45) is 11.3 Å². The molecule has 2 aromatic carbocycles. The first kappa shape index (κ1) is 22.8. The first-order chi connectivity index (χ1) is 17.5. The van der Waals surface area contributed by atoms with E-state index in [1.807, 2.05) is 0 Å². The Balaban J connectivity index is 1.18. The van der Waals surface area contributed by atoms with E-state index in [9.17, 15) is 9.50 Å². The predicted molar refractivity (Wildman–Crippen MR) is 143 cm³/mol. The Kier molecular flexibility index (Phi) is 5.27. The van der Waals surface area contributed by atoms with Crippen molar-refractivity contribution in [3.05, 3.63) is 65.4 Å². The van der Waals surface area contributed by atoms with Gasteiger partial charge in [-0.3, -0.25) is 9.29 Å². The fourth-order valence-corrected chi connectivity index (χ4v) is 8.36. The highest BCUT2D eigenvalue weighted by Crippen LogP contribution is 2.71. The van der Waals surface area contributed by atoms with Gasteiger partial charge in [-0.05, 0) is 98.9 Å². The summed E-state index contributed by atoms with van der Waals surface area (Å²) in [4.78, 5) is 6.63. The number of alkyl halides is 1. The molecule has 1 unspecified atom stereocenters. The average molecular weight is 488 g/mol. The maximum Gasteiger partial charge on any atom is 0.0894 e. The van der Waals surface area contributed by atoms with E-state index in [-0.39, 0.29) is 23.7 Å². The first-order valence-corrected chi connectivity index (χ1v) is 13.9. The summed E-state index contributed by atoms with van der Waals surface area (Å²) in [5.74, 6) is 0.686. The van der Waals surface area contributed by atoms with Gasteiger partial charge < -0.3 is 15.4 Å². The third kappa shape index (κ3) is 3.39. The molecular weight excluding hydrogens is 449 g/mol. The van der Waals surface area contributed by atoms with Crippen LogP contribution in [0.25, 0.3) is 10.9 Å². The number of nitrogens with one attached hydrogen (secondary N) is 2. The monoisotopic (exact) mass is 487 g/mol. The number of halogens is 1. The quantitative estimate of drug-likeness (QED) is 0.347. The summed E-state index contributed by atoms with van der Waals surface area (Å²) in [6.07, 6.45) is 8.48. The van der Waals surface area contributed by atoms with Crippen molar-refractivity contribution in [1.82, 2.24) is 9.88 Å². The highest BCUT2D eigenvalue weighted by atomic mass is 19.1. The second kappa shape index (κ2) is 8.32. The SMILES string of the molecule is C[C@H]1Cc2c([nH]c3ccccc23)C(c2ccc(NC3CC(CCCF)C3)cc2)N1C12CC(CO)(C1)C2. The zero-order valence-electron chi connectivity index (χ0n) is 21.3. The van der Waals surface area contributed by atoms with Crippen LogP contribution in [0.2, 0.25) is 0 Å². The van der Waals surface area contributed by atoms with Crippen molar-refractivity contribution in [2.45, 2.75) is 82.0 Å². The third-order valence-corrected chi connectivity index (χ3v) is 9.95. The molecule has 4 saturated carbocycles. The van der Waals surface area contributed by atoms with Crippen LogP contribution in [-0.2, 0) is 6.42 Å². The van der Waals surface area contributed by atoms with Crippen LogP contribution in [-0.4, -0.2) is 45.9 Å². The first-order valence-electron chi connectivity index (χ1n) is 13.9. The third-order valence-electron chi connectivity index (χ3n) is 9.95. The number of benzene rings is 2. The molecule has 0 spiro atoms. The number of hydrogen-bond donors (Lipinski definition) is 3. The van der Waals surface area contributed by atoms with Crippen molar-refractivity contribution in [3.8, 4) is 0 Å². The van der Waals surface area contributed by atoms with Crippen molar-refractivity contribution in [2.75, 3.05) is 18.6 Å². The van der Waals surface area contributed by atoms with Crippen LogP contribution >= 0.6 is 0 Å². The molecule has 2 heterocycles. The molecule has 1 aliphatic heterocycles. The van der Waals surface area contributed by atoms with E-state index >= 15 is 0 Å². The summed E-state index contributed by atoms with van der Waals surface area (Å²) >= 11 is 0. The highest BCUT2D eigenvalue weighted by molar-refractivity contribution is 5.85. The van der Waals surface area contributed by atoms with Crippen LogP contribution in [0, 0.1) is 11.3 Å². The van der Waals surface area contributed by atoms with Crippen molar-refractivity contribution in [3.63, 3.8) is 0 Å². The summed E-state index contributed by atoms with van der Waals surface area (Å²) in [5, 5.41) is 15.0. The van der Waals surface area contributed by atoms with E-state index < -0.39 is 0 Å². The predicted octanol–water partition coefficient (Wildman–Crippen LogP) is 6.36. The number of hydrogen-bond acceptors (Lipinski definition) is 3. The Labute approximate surface area is 213 Å². The summed E-state index contributed by atoms with van der Waals surface area (Å²) in [7, 11) is 0. The van der Waals surface area contributed by atoms with Gasteiger partial charge in [0, 0.05) is 46.5 Å². The highest BCUT2D eigenvalue weighted by Gasteiger charge is 2.71. The number of anilines is 1. The number of aromatic nitrogens is 1. The lowest BCUT2D eigenvalue weighted by atomic mass is 9.38. The summed E-state index contributed by atoms with van der Waals surface area (Å²) in [6.45, 7) is 2.54. The molecule has 5 heteroatoms. The zero-order chi connectivity index (χ0) is 24.5. The smallest absolute Gasteiger partial charge is 0.0894 e. The van der Waals surface area contributed by atoms with E-state index in [0.717, 1.165) is 44.9 Å². The number of aliphatic hydroxyl groups excluding tert-OH is 1.